The van der Waals surface area contributed by atoms with Gasteiger partial charge >= 0.3 is 5.97 Å². The molecule has 2 unspecified atom stereocenters. The van der Waals surface area contributed by atoms with Gasteiger partial charge in [0.05, 0.1) is 35.1 Å². The summed E-state index contributed by atoms with van der Waals surface area (Å²) in [5.41, 5.74) is 3.78. The van der Waals surface area contributed by atoms with Crippen LogP contribution in [0.5, 0.6) is 0 Å². The third kappa shape index (κ3) is 3.23. The number of methoxy groups -OCH3 is 2. The number of pyridine rings is 2. The van der Waals surface area contributed by atoms with Gasteiger partial charge in [-0.1, -0.05) is 6.92 Å². The van der Waals surface area contributed by atoms with E-state index < -0.39 is 11.6 Å². The van der Waals surface area contributed by atoms with Crippen molar-refractivity contribution in [3.8, 4) is 11.4 Å². The molecule has 0 fully saturated rings. The summed E-state index contributed by atoms with van der Waals surface area (Å²) < 4.78 is 32.7. The molecule has 1 N–H and O–H groups in total. The number of halogens is 1. The Labute approximate surface area is 217 Å². The summed E-state index contributed by atoms with van der Waals surface area (Å²) in [6.07, 6.45) is 1.44. The maximum absolute atomic E-state index is 15.0. The van der Waals surface area contributed by atoms with Gasteiger partial charge in [-0.2, -0.15) is 0 Å². The highest BCUT2D eigenvalue weighted by atomic mass is 19.1. The summed E-state index contributed by atoms with van der Waals surface area (Å²) >= 11 is 0. The molecule has 2 aromatic heterocycles. The third-order valence-corrected chi connectivity index (χ3v) is 8.30. The van der Waals surface area contributed by atoms with Crippen molar-refractivity contribution in [1.29, 1.82) is 0 Å². The number of esters is 1. The van der Waals surface area contributed by atoms with E-state index in [1.54, 1.807) is 24.5 Å². The van der Waals surface area contributed by atoms with Gasteiger partial charge in [0.2, 0.25) is 5.91 Å². The molecule has 1 amide bonds. The Kier molecular flexibility index (Phi) is 5.66. The zero-order valence-electron chi connectivity index (χ0n) is 21.7. The highest BCUT2D eigenvalue weighted by Gasteiger charge is 2.47. The quantitative estimate of drug-likeness (QED) is 0.402. The average Bonchev–Trinajstić information content (AvgIpc) is 3.27. The molecule has 0 radical (unpaired) electrons. The third-order valence-electron chi connectivity index (χ3n) is 8.30. The van der Waals surface area contributed by atoms with Gasteiger partial charge in [0.15, 0.2) is 5.60 Å². The second-order valence-corrected chi connectivity index (χ2v) is 10.1. The Balaban J connectivity index is 1.64. The standard InChI is InChI=1S/C28H28FN3O6/c1-5-28(37-4)17-8-21-25-15(10-32(21)26(34)16(17)11-38-27(28)35)24-19(30-22(33)12-36-3)7-6-14-13(2)18(29)9-20(31-25)23(14)24/h8-9,19H,5-7,10-12H2,1-4H3,(H,30,33). The van der Waals surface area contributed by atoms with Gasteiger partial charge in [-0.25, -0.2) is 14.2 Å². The lowest BCUT2D eigenvalue weighted by molar-refractivity contribution is -0.176. The smallest absolute Gasteiger partial charge is 0.343 e. The first-order chi connectivity index (χ1) is 18.2. The molecule has 0 bridgehead atoms. The van der Waals surface area contributed by atoms with Crippen LogP contribution in [0.15, 0.2) is 16.9 Å². The second kappa shape index (κ2) is 8.71. The van der Waals surface area contributed by atoms with E-state index in [2.05, 4.69) is 5.32 Å². The molecule has 10 heteroatoms. The first kappa shape index (κ1) is 24.7. The van der Waals surface area contributed by atoms with E-state index in [4.69, 9.17) is 19.2 Å². The lowest BCUT2D eigenvalue weighted by atomic mass is 9.81. The average molecular weight is 522 g/mol. The van der Waals surface area contributed by atoms with Crippen LogP contribution in [0.3, 0.4) is 0 Å². The topological polar surface area (TPSA) is 109 Å². The van der Waals surface area contributed by atoms with Crippen molar-refractivity contribution in [2.24, 2.45) is 0 Å². The number of hydrogen-bond acceptors (Lipinski definition) is 7. The number of hydrogen-bond donors (Lipinski definition) is 1. The maximum atomic E-state index is 15.0. The van der Waals surface area contributed by atoms with E-state index in [0.29, 0.717) is 46.4 Å². The molecule has 0 spiro atoms. The molecule has 1 aliphatic carbocycles. The summed E-state index contributed by atoms with van der Waals surface area (Å²) in [4.78, 5) is 44.0. The number of nitrogens with one attached hydrogen (secondary N) is 1. The number of rotatable bonds is 5. The van der Waals surface area contributed by atoms with Gasteiger partial charge in [0.1, 0.15) is 19.0 Å². The SMILES string of the molecule is CCC1(OC)C(=O)OCc2c1cc1n(c2=O)Cc2c-1nc1cc(F)c(C)c3c1c2C(NC(=O)COC)CC3. The van der Waals surface area contributed by atoms with Gasteiger partial charge in [-0.3, -0.25) is 9.59 Å². The highest BCUT2D eigenvalue weighted by Crippen LogP contribution is 2.46. The number of carbonyl (C=O) groups excluding carboxylic acids is 2. The van der Waals surface area contributed by atoms with Crippen molar-refractivity contribution in [2.45, 2.75) is 57.9 Å². The summed E-state index contributed by atoms with van der Waals surface area (Å²) in [6, 6.07) is 2.85. The predicted molar refractivity (Wildman–Crippen MR) is 135 cm³/mol. The zero-order valence-corrected chi connectivity index (χ0v) is 21.7. The molecule has 3 aromatic rings. The van der Waals surface area contributed by atoms with Crippen LogP contribution in [0.25, 0.3) is 22.3 Å². The minimum absolute atomic E-state index is 0.0846. The van der Waals surface area contributed by atoms with Crippen LogP contribution >= 0.6 is 0 Å². The van der Waals surface area contributed by atoms with Crippen LogP contribution in [-0.4, -0.2) is 42.3 Å². The maximum Gasteiger partial charge on any atom is 0.343 e. The van der Waals surface area contributed by atoms with Crippen LogP contribution < -0.4 is 10.9 Å². The fraction of sp³-hybridized carbons (Fsp3) is 0.429. The number of ether oxygens (including phenoxy) is 3. The Hall–Kier alpha value is -3.63. The van der Waals surface area contributed by atoms with E-state index >= 15 is 0 Å². The van der Waals surface area contributed by atoms with Gasteiger partial charge < -0.3 is 24.1 Å². The highest BCUT2D eigenvalue weighted by molar-refractivity contribution is 5.94. The van der Waals surface area contributed by atoms with E-state index in [0.717, 1.165) is 22.1 Å². The first-order valence-electron chi connectivity index (χ1n) is 12.7. The van der Waals surface area contributed by atoms with E-state index in [-0.39, 0.29) is 49.5 Å². The number of carbonyl (C=O) groups is 2. The summed E-state index contributed by atoms with van der Waals surface area (Å²) in [5.74, 6) is -1.15. The number of aromatic nitrogens is 2. The van der Waals surface area contributed by atoms with Crippen LogP contribution in [-0.2, 0) is 49.0 Å². The molecular weight excluding hydrogens is 493 g/mol. The molecule has 0 saturated heterocycles. The molecule has 2 atom stereocenters. The molecule has 9 nitrogen and oxygen atoms in total. The molecule has 3 aliphatic rings. The monoisotopic (exact) mass is 521 g/mol. The van der Waals surface area contributed by atoms with Crippen LogP contribution in [0.2, 0.25) is 0 Å². The number of aryl methyl sites for hydroxylation is 1. The molecule has 38 heavy (non-hydrogen) atoms. The Bertz CT molecular complexity index is 1610. The number of amides is 1. The van der Waals surface area contributed by atoms with Crippen molar-refractivity contribution in [3.63, 3.8) is 0 Å². The normalized spacial score (nSPS) is 21.1. The van der Waals surface area contributed by atoms with Crippen molar-refractivity contribution in [1.82, 2.24) is 14.9 Å². The number of fused-ring (bicyclic) bond motifs is 5. The minimum atomic E-state index is -1.40. The van der Waals surface area contributed by atoms with E-state index in [1.165, 1.54) is 20.3 Å². The Morgan fingerprint density at radius 3 is 2.76 bits per heavy atom. The predicted octanol–water partition coefficient (Wildman–Crippen LogP) is 2.93. The molecule has 0 saturated carbocycles. The zero-order chi connectivity index (χ0) is 26.9. The molecule has 1 aromatic carbocycles. The lowest BCUT2D eigenvalue weighted by Gasteiger charge is -2.35. The molecular formula is C28H28FN3O6. The van der Waals surface area contributed by atoms with Gasteiger partial charge in [0, 0.05) is 36.8 Å². The van der Waals surface area contributed by atoms with Crippen LogP contribution in [0, 0.1) is 12.7 Å². The minimum Gasteiger partial charge on any atom is -0.458 e. The first-order valence-corrected chi connectivity index (χ1v) is 12.7. The van der Waals surface area contributed by atoms with Crippen molar-refractivity contribution in [3.05, 3.63) is 61.7 Å². The van der Waals surface area contributed by atoms with Crippen molar-refractivity contribution in [2.75, 3.05) is 20.8 Å². The van der Waals surface area contributed by atoms with Crippen LogP contribution in [0.1, 0.15) is 59.2 Å². The lowest BCUT2D eigenvalue weighted by Crippen LogP contribution is -2.45. The Morgan fingerprint density at radius 2 is 2.05 bits per heavy atom. The van der Waals surface area contributed by atoms with Crippen LogP contribution in [0.4, 0.5) is 4.39 Å². The number of cyclic esters (lactones) is 1. The molecule has 2 aliphatic heterocycles. The molecule has 6 rings (SSSR count). The van der Waals surface area contributed by atoms with Crippen molar-refractivity contribution >= 4 is 22.8 Å². The Morgan fingerprint density at radius 1 is 1.26 bits per heavy atom. The second-order valence-electron chi connectivity index (χ2n) is 10.1. The van der Waals surface area contributed by atoms with Crippen molar-refractivity contribution < 1.29 is 28.2 Å². The fourth-order valence-electron chi connectivity index (χ4n) is 6.39. The number of nitrogens with zero attached hydrogens (tertiary/aromatic N) is 2. The van der Waals surface area contributed by atoms with Gasteiger partial charge in [-0.15, -0.1) is 0 Å². The van der Waals surface area contributed by atoms with E-state index in [1.807, 2.05) is 0 Å². The van der Waals surface area contributed by atoms with Gasteiger partial charge in [0.25, 0.3) is 5.56 Å². The summed E-state index contributed by atoms with van der Waals surface area (Å²) in [6.45, 7) is 3.57. The number of benzene rings is 1. The summed E-state index contributed by atoms with van der Waals surface area (Å²) in [7, 11) is 2.88. The fourth-order valence-corrected chi connectivity index (χ4v) is 6.39. The molecule has 4 heterocycles. The van der Waals surface area contributed by atoms with Gasteiger partial charge in [-0.05, 0) is 48.9 Å². The summed E-state index contributed by atoms with van der Waals surface area (Å²) in [5, 5.41) is 3.88. The molecule has 198 valence electrons. The largest absolute Gasteiger partial charge is 0.458 e. The van der Waals surface area contributed by atoms with E-state index in [9.17, 15) is 18.8 Å².